The van der Waals surface area contributed by atoms with Gasteiger partial charge in [0.15, 0.2) is 5.78 Å². The van der Waals surface area contributed by atoms with Crippen molar-refractivity contribution in [2.75, 3.05) is 33.4 Å². The highest BCUT2D eigenvalue weighted by Crippen LogP contribution is 2.26. The lowest BCUT2D eigenvalue weighted by molar-refractivity contribution is -0.124. The standard InChI is InChI=1S/C9H17NO3/c1-13-7-9(12)6-10(4-5-11)8-2-3-8/h8,11H,2-7H2,1H3. The predicted octanol–water partition coefficient (Wildman–Crippen LogP) is -0.341. The fraction of sp³-hybridized carbons (Fsp3) is 0.889. The molecule has 0 spiro atoms. The van der Waals surface area contributed by atoms with E-state index in [-0.39, 0.29) is 19.0 Å². The number of carbonyl (C=O) groups excluding carboxylic acids is 1. The van der Waals surface area contributed by atoms with Crippen molar-refractivity contribution in [2.24, 2.45) is 0 Å². The molecule has 0 heterocycles. The summed E-state index contributed by atoms with van der Waals surface area (Å²) in [5.74, 6) is 0.0860. The van der Waals surface area contributed by atoms with Crippen molar-refractivity contribution in [2.45, 2.75) is 18.9 Å². The molecule has 0 atom stereocenters. The van der Waals surface area contributed by atoms with E-state index in [0.29, 0.717) is 19.1 Å². The van der Waals surface area contributed by atoms with Crippen LogP contribution in [-0.2, 0) is 9.53 Å². The summed E-state index contributed by atoms with van der Waals surface area (Å²) >= 11 is 0. The van der Waals surface area contributed by atoms with Gasteiger partial charge in [0.25, 0.3) is 0 Å². The summed E-state index contributed by atoms with van der Waals surface area (Å²) in [5, 5.41) is 8.77. The van der Waals surface area contributed by atoms with Crippen LogP contribution in [0.3, 0.4) is 0 Å². The highest BCUT2D eigenvalue weighted by molar-refractivity contribution is 5.81. The summed E-state index contributed by atoms with van der Waals surface area (Å²) in [4.78, 5) is 13.2. The van der Waals surface area contributed by atoms with E-state index in [2.05, 4.69) is 0 Å². The van der Waals surface area contributed by atoms with Gasteiger partial charge in [0.1, 0.15) is 6.61 Å². The third-order valence-electron chi connectivity index (χ3n) is 2.14. The second kappa shape index (κ2) is 5.32. The van der Waals surface area contributed by atoms with E-state index >= 15 is 0 Å². The zero-order valence-electron chi connectivity index (χ0n) is 8.03. The van der Waals surface area contributed by atoms with Crippen molar-refractivity contribution in [1.82, 2.24) is 4.90 Å². The minimum atomic E-state index is 0.0860. The average molecular weight is 187 g/mol. The molecule has 0 aromatic carbocycles. The first-order valence-electron chi connectivity index (χ1n) is 4.63. The van der Waals surface area contributed by atoms with Gasteiger partial charge in [0.05, 0.1) is 13.2 Å². The molecule has 1 aliphatic rings. The number of nitrogens with zero attached hydrogens (tertiary/aromatic N) is 1. The third kappa shape index (κ3) is 3.85. The Kier molecular flexibility index (Phi) is 4.35. The molecule has 1 N–H and O–H groups in total. The van der Waals surface area contributed by atoms with Gasteiger partial charge in [-0.25, -0.2) is 0 Å². The van der Waals surface area contributed by atoms with E-state index in [1.165, 1.54) is 7.11 Å². The van der Waals surface area contributed by atoms with Gasteiger partial charge < -0.3 is 9.84 Å². The molecule has 0 aromatic rings. The molecule has 0 radical (unpaired) electrons. The van der Waals surface area contributed by atoms with E-state index in [4.69, 9.17) is 9.84 Å². The third-order valence-corrected chi connectivity index (χ3v) is 2.14. The van der Waals surface area contributed by atoms with E-state index in [1.54, 1.807) is 0 Å². The van der Waals surface area contributed by atoms with Gasteiger partial charge >= 0.3 is 0 Å². The molecular weight excluding hydrogens is 170 g/mol. The smallest absolute Gasteiger partial charge is 0.172 e. The molecular formula is C9H17NO3. The largest absolute Gasteiger partial charge is 0.395 e. The van der Waals surface area contributed by atoms with Crippen LogP contribution >= 0.6 is 0 Å². The lowest BCUT2D eigenvalue weighted by Gasteiger charge is -2.19. The molecule has 0 amide bonds. The number of aliphatic hydroxyl groups is 1. The van der Waals surface area contributed by atoms with Crippen molar-refractivity contribution < 1.29 is 14.6 Å². The topological polar surface area (TPSA) is 49.8 Å². The van der Waals surface area contributed by atoms with Gasteiger partial charge in [-0.15, -0.1) is 0 Å². The normalized spacial score (nSPS) is 16.5. The van der Waals surface area contributed by atoms with Crippen LogP contribution in [0.4, 0.5) is 0 Å². The molecule has 1 fully saturated rings. The van der Waals surface area contributed by atoms with Gasteiger partial charge in [-0.05, 0) is 12.8 Å². The number of Topliss-reactive ketones (excluding diaryl/α,β-unsaturated/α-hetero) is 1. The second-order valence-corrected chi connectivity index (χ2v) is 3.40. The molecule has 0 aromatic heterocycles. The summed E-state index contributed by atoms with van der Waals surface area (Å²) in [5.41, 5.74) is 0. The van der Waals surface area contributed by atoms with E-state index < -0.39 is 0 Å². The first-order valence-corrected chi connectivity index (χ1v) is 4.63. The molecule has 1 saturated carbocycles. The first-order chi connectivity index (χ1) is 6.27. The molecule has 1 aliphatic carbocycles. The summed E-state index contributed by atoms with van der Waals surface area (Å²) < 4.78 is 4.74. The molecule has 4 nitrogen and oxygen atoms in total. The maximum absolute atomic E-state index is 11.2. The van der Waals surface area contributed by atoms with Crippen molar-refractivity contribution in [3.8, 4) is 0 Å². The van der Waals surface area contributed by atoms with E-state index in [0.717, 1.165) is 12.8 Å². The maximum Gasteiger partial charge on any atom is 0.172 e. The number of hydrogen-bond acceptors (Lipinski definition) is 4. The predicted molar refractivity (Wildman–Crippen MR) is 48.6 cm³/mol. The Hall–Kier alpha value is -0.450. The summed E-state index contributed by atoms with van der Waals surface area (Å²) in [6.45, 7) is 1.31. The highest BCUT2D eigenvalue weighted by atomic mass is 16.5. The molecule has 4 heteroatoms. The zero-order valence-corrected chi connectivity index (χ0v) is 8.03. The zero-order chi connectivity index (χ0) is 9.68. The Balaban J connectivity index is 2.24. The molecule has 1 rings (SSSR count). The summed E-state index contributed by atoms with van der Waals surface area (Å²) in [6.07, 6.45) is 2.31. The van der Waals surface area contributed by atoms with Crippen LogP contribution in [0.5, 0.6) is 0 Å². The molecule has 76 valence electrons. The minimum Gasteiger partial charge on any atom is -0.395 e. The lowest BCUT2D eigenvalue weighted by atomic mass is 10.3. The summed E-state index contributed by atoms with van der Waals surface area (Å²) in [7, 11) is 1.52. The lowest BCUT2D eigenvalue weighted by Crippen LogP contribution is -2.35. The molecule has 13 heavy (non-hydrogen) atoms. The van der Waals surface area contributed by atoms with Crippen LogP contribution in [0.1, 0.15) is 12.8 Å². The Labute approximate surface area is 78.5 Å². The number of carbonyl (C=O) groups is 1. The van der Waals surface area contributed by atoms with Crippen LogP contribution in [0.25, 0.3) is 0 Å². The SMILES string of the molecule is COCC(=O)CN(CCO)C1CC1. The first kappa shape index (κ1) is 10.6. The Morgan fingerprint density at radius 3 is 2.77 bits per heavy atom. The van der Waals surface area contributed by atoms with Crippen molar-refractivity contribution >= 4 is 5.78 Å². The fourth-order valence-electron chi connectivity index (χ4n) is 1.39. The summed E-state index contributed by atoms with van der Waals surface area (Å²) in [6, 6.07) is 0.521. The van der Waals surface area contributed by atoms with Gasteiger partial charge in [-0.2, -0.15) is 0 Å². The van der Waals surface area contributed by atoms with Crippen LogP contribution in [0.15, 0.2) is 0 Å². The number of rotatable bonds is 7. The monoisotopic (exact) mass is 187 g/mol. The number of ketones is 1. The minimum absolute atomic E-state index is 0.0860. The molecule has 0 aliphatic heterocycles. The Morgan fingerprint density at radius 1 is 1.62 bits per heavy atom. The second-order valence-electron chi connectivity index (χ2n) is 3.40. The molecule has 0 saturated heterocycles. The fourth-order valence-corrected chi connectivity index (χ4v) is 1.39. The van der Waals surface area contributed by atoms with Gasteiger partial charge in [-0.3, -0.25) is 9.69 Å². The van der Waals surface area contributed by atoms with Crippen LogP contribution in [0, 0.1) is 0 Å². The number of aliphatic hydroxyl groups excluding tert-OH is 1. The number of ether oxygens (including phenoxy) is 1. The Bertz CT molecular complexity index is 168. The molecule has 0 unspecified atom stereocenters. The van der Waals surface area contributed by atoms with Crippen LogP contribution in [-0.4, -0.2) is 55.2 Å². The van der Waals surface area contributed by atoms with Crippen LogP contribution in [0.2, 0.25) is 0 Å². The average Bonchev–Trinajstić information content (AvgIpc) is 2.86. The van der Waals surface area contributed by atoms with Crippen molar-refractivity contribution in [3.63, 3.8) is 0 Å². The number of methoxy groups -OCH3 is 1. The number of hydrogen-bond donors (Lipinski definition) is 1. The van der Waals surface area contributed by atoms with Crippen molar-refractivity contribution in [1.29, 1.82) is 0 Å². The maximum atomic E-state index is 11.2. The molecule has 0 bridgehead atoms. The van der Waals surface area contributed by atoms with Gasteiger partial charge in [0, 0.05) is 19.7 Å². The van der Waals surface area contributed by atoms with E-state index in [1.807, 2.05) is 4.90 Å². The van der Waals surface area contributed by atoms with Crippen LogP contribution < -0.4 is 0 Å². The Morgan fingerprint density at radius 2 is 2.31 bits per heavy atom. The van der Waals surface area contributed by atoms with E-state index in [9.17, 15) is 4.79 Å². The quantitative estimate of drug-likeness (QED) is 0.592. The highest BCUT2D eigenvalue weighted by Gasteiger charge is 2.29. The van der Waals surface area contributed by atoms with Crippen molar-refractivity contribution in [3.05, 3.63) is 0 Å². The van der Waals surface area contributed by atoms with Gasteiger partial charge in [-0.1, -0.05) is 0 Å². The van der Waals surface area contributed by atoms with Gasteiger partial charge in [0.2, 0.25) is 0 Å².